The molecule has 112 valence electrons. The summed E-state index contributed by atoms with van der Waals surface area (Å²) in [5, 5.41) is 3.36. The van der Waals surface area contributed by atoms with Crippen LogP contribution in [-0.4, -0.2) is 21.3 Å². The first-order valence-corrected chi connectivity index (χ1v) is 7.24. The van der Waals surface area contributed by atoms with E-state index in [1.54, 1.807) is 21.3 Å². The molecule has 0 saturated carbocycles. The Kier molecular flexibility index (Phi) is 5.33. The molecular formula is C16H18BrNO3. The standard InChI is InChI=1S/C16H18BrNO3/c1-19-14-4-11(5-15(9-14)20-2)10-18-13-6-12(17)7-16(8-13)21-3/h4-9,18H,10H2,1-3H3. The number of benzene rings is 2. The van der Waals surface area contributed by atoms with Gasteiger partial charge in [-0.3, -0.25) is 0 Å². The summed E-state index contributed by atoms with van der Waals surface area (Å²) in [5.74, 6) is 2.35. The lowest BCUT2D eigenvalue weighted by Gasteiger charge is -2.11. The molecule has 21 heavy (non-hydrogen) atoms. The van der Waals surface area contributed by atoms with Crippen LogP contribution in [0.15, 0.2) is 40.9 Å². The highest BCUT2D eigenvalue weighted by molar-refractivity contribution is 9.10. The average Bonchev–Trinajstić information content (AvgIpc) is 2.51. The third-order valence-corrected chi connectivity index (χ3v) is 3.47. The van der Waals surface area contributed by atoms with Gasteiger partial charge in [0, 0.05) is 28.8 Å². The molecule has 0 aliphatic heterocycles. The molecule has 0 aliphatic carbocycles. The Hall–Kier alpha value is -1.88. The van der Waals surface area contributed by atoms with E-state index in [1.165, 1.54) is 0 Å². The second kappa shape index (κ2) is 7.22. The summed E-state index contributed by atoms with van der Waals surface area (Å²) >= 11 is 3.47. The minimum absolute atomic E-state index is 0.660. The van der Waals surface area contributed by atoms with Crippen LogP contribution in [0, 0.1) is 0 Å². The summed E-state index contributed by atoms with van der Waals surface area (Å²) < 4.78 is 16.8. The van der Waals surface area contributed by atoms with Gasteiger partial charge in [0.1, 0.15) is 17.2 Å². The molecule has 2 rings (SSSR count). The normalized spacial score (nSPS) is 10.1. The molecule has 4 nitrogen and oxygen atoms in total. The molecule has 2 aromatic carbocycles. The second-order valence-corrected chi connectivity index (χ2v) is 5.37. The molecule has 0 spiro atoms. The van der Waals surface area contributed by atoms with Crippen LogP contribution < -0.4 is 19.5 Å². The maximum absolute atomic E-state index is 5.27. The molecule has 0 fully saturated rings. The van der Waals surface area contributed by atoms with Crippen LogP contribution >= 0.6 is 15.9 Å². The number of hydrogen-bond acceptors (Lipinski definition) is 4. The van der Waals surface area contributed by atoms with E-state index in [0.29, 0.717) is 6.54 Å². The minimum atomic E-state index is 0.660. The van der Waals surface area contributed by atoms with Crippen LogP contribution in [0.4, 0.5) is 5.69 Å². The molecule has 0 amide bonds. The van der Waals surface area contributed by atoms with Gasteiger partial charge in [0.2, 0.25) is 0 Å². The Morgan fingerprint density at radius 1 is 0.810 bits per heavy atom. The summed E-state index contributed by atoms with van der Waals surface area (Å²) in [4.78, 5) is 0. The molecule has 1 N–H and O–H groups in total. The first-order valence-electron chi connectivity index (χ1n) is 6.45. The van der Waals surface area contributed by atoms with Crippen molar-refractivity contribution >= 4 is 21.6 Å². The van der Waals surface area contributed by atoms with E-state index in [1.807, 2.05) is 36.4 Å². The van der Waals surface area contributed by atoms with Crippen molar-refractivity contribution in [1.29, 1.82) is 0 Å². The van der Waals surface area contributed by atoms with Crippen molar-refractivity contribution in [3.63, 3.8) is 0 Å². The Morgan fingerprint density at radius 2 is 1.38 bits per heavy atom. The van der Waals surface area contributed by atoms with Gasteiger partial charge in [-0.05, 0) is 29.8 Å². The van der Waals surface area contributed by atoms with Gasteiger partial charge in [-0.2, -0.15) is 0 Å². The first kappa shape index (κ1) is 15.5. The van der Waals surface area contributed by atoms with Crippen LogP contribution in [0.1, 0.15) is 5.56 Å². The summed E-state index contributed by atoms with van der Waals surface area (Å²) in [6, 6.07) is 11.7. The highest BCUT2D eigenvalue weighted by Gasteiger charge is 2.03. The Morgan fingerprint density at radius 3 is 1.95 bits per heavy atom. The SMILES string of the molecule is COc1cc(Br)cc(NCc2cc(OC)cc(OC)c2)c1. The Balaban J connectivity index is 2.14. The van der Waals surface area contributed by atoms with E-state index in [2.05, 4.69) is 21.2 Å². The molecule has 0 aromatic heterocycles. The molecular weight excluding hydrogens is 334 g/mol. The maximum atomic E-state index is 5.27. The second-order valence-electron chi connectivity index (χ2n) is 4.45. The highest BCUT2D eigenvalue weighted by Crippen LogP contribution is 2.26. The van der Waals surface area contributed by atoms with Crippen molar-refractivity contribution < 1.29 is 14.2 Å². The van der Waals surface area contributed by atoms with E-state index in [-0.39, 0.29) is 0 Å². The van der Waals surface area contributed by atoms with Crippen LogP contribution in [0.25, 0.3) is 0 Å². The van der Waals surface area contributed by atoms with E-state index in [9.17, 15) is 0 Å². The van der Waals surface area contributed by atoms with Crippen molar-refractivity contribution in [2.45, 2.75) is 6.54 Å². The molecule has 0 atom stereocenters. The summed E-state index contributed by atoms with van der Waals surface area (Å²) in [6.45, 7) is 0.660. The highest BCUT2D eigenvalue weighted by atomic mass is 79.9. The predicted octanol–water partition coefficient (Wildman–Crippen LogP) is 4.09. The zero-order valence-corrected chi connectivity index (χ0v) is 13.9. The molecule has 0 heterocycles. The number of anilines is 1. The smallest absolute Gasteiger partial charge is 0.122 e. The van der Waals surface area contributed by atoms with Gasteiger partial charge < -0.3 is 19.5 Å². The van der Waals surface area contributed by atoms with Gasteiger partial charge in [0.25, 0.3) is 0 Å². The van der Waals surface area contributed by atoms with Gasteiger partial charge in [-0.25, -0.2) is 0 Å². The number of hydrogen-bond donors (Lipinski definition) is 1. The fraction of sp³-hybridized carbons (Fsp3) is 0.250. The number of rotatable bonds is 6. The van der Waals surface area contributed by atoms with Crippen molar-refractivity contribution in [2.24, 2.45) is 0 Å². The first-order chi connectivity index (χ1) is 10.1. The van der Waals surface area contributed by atoms with Crippen LogP contribution in [-0.2, 0) is 6.54 Å². The molecule has 0 aliphatic rings. The zero-order chi connectivity index (χ0) is 15.2. The van der Waals surface area contributed by atoms with E-state index in [4.69, 9.17) is 14.2 Å². The average molecular weight is 352 g/mol. The lowest BCUT2D eigenvalue weighted by molar-refractivity contribution is 0.393. The summed E-state index contributed by atoms with van der Waals surface area (Å²) in [6.07, 6.45) is 0. The van der Waals surface area contributed by atoms with Gasteiger partial charge >= 0.3 is 0 Å². The summed E-state index contributed by atoms with van der Waals surface area (Å²) in [7, 11) is 4.94. The largest absolute Gasteiger partial charge is 0.497 e. The fourth-order valence-corrected chi connectivity index (χ4v) is 2.43. The monoisotopic (exact) mass is 351 g/mol. The molecule has 0 unspecified atom stereocenters. The maximum Gasteiger partial charge on any atom is 0.122 e. The van der Waals surface area contributed by atoms with Gasteiger partial charge in [-0.1, -0.05) is 15.9 Å². The quantitative estimate of drug-likeness (QED) is 0.850. The van der Waals surface area contributed by atoms with Crippen LogP contribution in [0.2, 0.25) is 0 Å². The number of methoxy groups -OCH3 is 3. The number of nitrogens with one attached hydrogen (secondary N) is 1. The molecule has 2 aromatic rings. The molecule has 0 bridgehead atoms. The molecule has 0 radical (unpaired) electrons. The van der Waals surface area contributed by atoms with Crippen LogP contribution in [0.5, 0.6) is 17.2 Å². The van der Waals surface area contributed by atoms with Crippen molar-refractivity contribution in [2.75, 3.05) is 26.6 Å². The lowest BCUT2D eigenvalue weighted by atomic mass is 10.2. The van der Waals surface area contributed by atoms with Gasteiger partial charge in [0.15, 0.2) is 0 Å². The van der Waals surface area contributed by atoms with E-state index in [0.717, 1.165) is 33.0 Å². The Bertz CT molecular complexity index is 594. The minimum Gasteiger partial charge on any atom is -0.497 e. The lowest BCUT2D eigenvalue weighted by Crippen LogP contribution is -2.01. The van der Waals surface area contributed by atoms with Crippen molar-refractivity contribution in [1.82, 2.24) is 0 Å². The third kappa shape index (κ3) is 4.29. The predicted molar refractivity (Wildman–Crippen MR) is 87.6 cm³/mol. The number of ether oxygens (including phenoxy) is 3. The topological polar surface area (TPSA) is 39.7 Å². The van der Waals surface area contributed by atoms with E-state index >= 15 is 0 Å². The zero-order valence-electron chi connectivity index (χ0n) is 12.3. The third-order valence-electron chi connectivity index (χ3n) is 3.01. The van der Waals surface area contributed by atoms with Crippen molar-refractivity contribution in [3.8, 4) is 17.2 Å². The van der Waals surface area contributed by atoms with Gasteiger partial charge in [0.05, 0.1) is 21.3 Å². The van der Waals surface area contributed by atoms with Crippen molar-refractivity contribution in [3.05, 3.63) is 46.4 Å². The number of halogens is 1. The van der Waals surface area contributed by atoms with Crippen LogP contribution in [0.3, 0.4) is 0 Å². The fourth-order valence-electron chi connectivity index (χ4n) is 1.96. The molecule has 5 heteroatoms. The summed E-state index contributed by atoms with van der Waals surface area (Å²) in [5.41, 5.74) is 2.05. The Labute approximate surface area is 133 Å². The molecule has 0 saturated heterocycles. The van der Waals surface area contributed by atoms with E-state index < -0.39 is 0 Å². The van der Waals surface area contributed by atoms with Gasteiger partial charge in [-0.15, -0.1) is 0 Å².